The van der Waals surface area contributed by atoms with Gasteiger partial charge in [-0.2, -0.15) is 0 Å². The van der Waals surface area contributed by atoms with Gasteiger partial charge in [-0.1, -0.05) is 12.1 Å². The Labute approximate surface area is 147 Å². The minimum absolute atomic E-state index is 0.0558. The number of carbonyl (C=O) groups is 1. The van der Waals surface area contributed by atoms with Crippen LogP contribution in [-0.4, -0.2) is 40.5 Å². The molecule has 126 valence electrons. The van der Waals surface area contributed by atoms with Crippen LogP contribution < -0.4 is 9.64 Å². The zero-order valence-corrected chi connectivity index (χ0v) is 15.0. The summed E-state index contributed by atoms with van der Waals surface area (Å²) >= 11 is 5.39. The van der Waals surface area contributed by atoms with Crippen LogP contribution in [0.3, 0.4) is 0 Å². The smallest absolute Gasteiger partial charge is 0.276 e. The number of hydrogen-bond donors (Lipinski definition) is 0. The molecular weight excluding hydrogens is 322 g/mol. The number of benzene rings is 1. The van der Waals surface area contributed by atoms with Crippen molar-refractivity contribution in [1.29, 1.82) is 0 Å². The highest BCUT2D eigenvalue weighted by Gasteiger charge is 2.35. The maximum absolute atomic E-state index is 12.5. The van der Waals surface area contributed by atoms with Gasteiger partial charge in [0.25, 0.3) is 5.91 Å². The molecule has 1 fully saturated rings. The highest BCUT2D eigenvalue weighted by atomic mass is 32.1. The topological polar surface area (TPSA) is 36.0 Å². The van der Waals surface area contributed by atoms with E-state index in [9.17, 15) is 4.79 Å². The number of rotatable bonds is 4. The third kappa shape index (κ3) is 2.57. The Hall–Kier alpha value is -2.34. The summed E-state index contributed by atoms with van der Waals surface area (Å²) < 4.78 is 5.92. The minimum atomic E-state index is -0.0558. The van der Waals surface area contributed by atoms with Gasteiger partial charge in [-0.3, -0.25) is 9.69 Å². The summed E-state index contributed by atoms with van der Waals surface area (Å²) in [7, 11) is 0. The molecule has 2 aliphatic rings. The molecule has 1 saturated heterocycles. The van der Waals surface area contributed by atoms with Gasteiger partial charge in [0.2, 0.25) is 5.88 Å². The third-order valence-corrected chi connectivity index (χ3v) is 4.63. The molecule has 1 amide bonds. The molecule has 1 aromatic carbocycles. The van der Waals surface area contributed by atoms with Crippen molar-refractivity contribution in [3.05, 3.63) is 48.0 Å². The van der Waals surface area contributed by atoms with E-state index >= 15 is 0 Å². The number of fused-ring (bicyclic) bond motifs is 1. The minimum Gasteiger partial charge on any atom is -0.439 e. The van der Waals surface area contributed by atoms with E-state index in [4.69, 9.17) is 17.0 Å². The van der Waals surface area contributed by atoms with Crippen LogP contribution in [0.4, 0.5) is 5.69 Å². The van der Waals surface area contributed by atoms with E-state index in [1.807, 2.05) is 49.1 Å². The van der Waals surface area contributed by atoms with Gasteiger partial charge >= 0.3 is 0 Å². The van der Waals surface area contributed by atoms with Crippen LogP contribution in [0.25, 0.3) is 0 Å². The van der Waals surface area contributed by atoms with Crippen LogP contribution in [0.2, 0.25) is 0 Å². The molecule has 1 aromatic rings. The standard InChI is InChI=1S/C18H21N3O2S/c1-4-19-13-9-7-8-10-15(13)23-16(19)12-11-14-17(22)21(6-3)18(24)20(14)5-2/h7-12H,4-6H2,1-3H3/b14-11+,16-12-. The lowest BCUT2D eigenvalue weighted by Gasteiger charge is -2.17. The summed E-state index contributed by atoms with van der Waals surface area (Å²) in [6, 6.07) is 7.91. The van der Waals surface area contributed by atoms with E-state index in [0.717, 1.165) is 23.9 Å². The second-order valence-electron chi connectivity index (χ2n) is 5.45. The predicted octanol–water partition coefficient (Wildman–Crippen LogP) is 3.10. The van der Waals surface area contributed by atoms with Crippen molar-refractivity contribution in [3.8, 4) is 5.75 Å². The highest BCUT2D eigenvalue weighted by Crippen LogP contribution is 2.38. The normalized spacial score (nSPS) is 20.4. The maximum Gasteiger partial charge on any atom is 0.276 e. The molecule has 0 bridgehead atoms. The number of amides is 1. The van der Waals surface area contributed by atoms with Crippen molar-refractivity contribution in [2.75, 3.05) is 24.5 Å². The Morgan fingerprint density at radius 2 is 1.67 bits per heavy atom. The second kappa shape index (κ2) is 6.65. The average Bonchev–Trinajstić information content (AvgIpc) is 3.06. The fraction of sp³-hybridized carbons (Fsp3) is 0.333. The van der Waals surface area contributed by atoms with Crippen molar-refractivity contribution in [1.82, 2.24) is 9.80 Å². The predicted molar refractivity (Wildman–Crippen MR) is 98.6 cm³/mol. The number of nitrogens with zero attached hydrogens (tertiary/aromatic N) is 3. The number of hydrogen-bond acceptors (Lipinski definition) is 4. The monoisotopic (exact) mass is 343 g/mol. The van der Waals surface area contributed by atoms with Crippen molar-refractivity contribution in [2.45, 2.75) is 20.8 Å². The van der Waals surface area contributed by atoms with E-state index in [1.54, 1.807) is 11.0 Å². The van der Waals surface area contributed by atoms with Crippen LogP contribution in [0, 0.1) is 0 Å². The summed E-state index contributed by atoms with van der Waals surface area (Å²) in [5.41, 5.74) is 1.63. The number of allylic oxidation sites excluding steroid dienone is 2. The van der Waals surface area contributed by atoms with Gasteiger partial charge in [0, 0.05) is 25.7 Å². The van der Waals surface area contributed by atoms with Crippen LogP contribution in [0.15, 0.2) is 48.0 Å². The van der Waals surface area contributed by atoms with Gasteiger partial charge in [0.1, 0.15) is 5.70 Å². The summed E-state index contributed by atoms with van der Waals surface area (Å²) in [5.74, 6) is 1.50. The third-order valence-electron chi connectivity index (χ3n) is 4.19. The molecule has 2 aliphatic heterocycles. The van der Waals surface area contributed by atoms with Crippen molar-refractivity contribution in [2.24, 2.45) is 0 Å². The molecule has 0 aromatic heterocycles. The SMILES string of the molecule is CCN1C(=O)/C(=C\C=C2/Oc3ccccc3N2CC)N(CC)C1=S. The van der Waals surface area contributed by atoms with Gasteiger partial charge in [-0.15, -0.1) is 0 Å². The molecule has 0 unspecified atom stereocenters. The first-order chi connectivity index (χ1) is 11.6. The Kier molecular flexibility index (Phi) is 4.57. The quantitative estimate of drug-likeness (QED) is 0.620. The molecule has 0 saturated carbocycles. The Morgan fingerprint density at radius 3 is 2.33 bits per heavy atom. The van der Waals surface area contributed by atoms with Gasteiger partial charge in [-0.25, -0.2) is 0 Å². The number of thiocarbonyl (C=S) groups is 1. The number of carbonyl (C=O) groups excluding carboxylic acids is 1. The first-order valence-electron chi connectivity index (χ1n) is 8.22. The molecule has 3 rings (SSSR count). The largest absolute Gasteiger partial charge is 0.439 e. The van der Waals surface area contributed by atoms with E-state index in [-0.39, 0.29) is 5.91 Å². The lowest BCUT2D eigenvalue weighted by Crippen LogP contribution is -2.32. The molecule has 0 aliphatic carbocycles. The molecule has 0 atom stereocenters. The maximum atomic E-state index is 12.5. The molecule has 0 N–H and O–H groups in total. The fourth-order valence-corrected chi connectivity index (χ4v) is 3.43. The number of para-hydroxylation sites is 2. The Balaban J connectivity index is 1.93. The van der Waals surface area contributed by atoms with Gasteiger partial charge in [-0.05, 0) is 51.2 Å². The molecule has 24 heavy (non-hydrogen) atoms. The van der Waals surface area contributed by atoms with E-state index in [0.29, 0.717) is 23.9 Å². The molecule has 0 radical (unpaired) electrons. The van der Waals surface area contributed by atoms with Gasteiger partial charge in [0.05, 0.1) is 5.69 Å². The lowest BCUT2D eigenvalue weighted by molar-refractivity contribution is -0.122. The number of anilines is 1. The Morgan fingerprint density at radius 1 is 1.00 bits per heavy atom. The van der Waals surface area contributed by atoms with E-state index in [2.05, 4.69) is 11.8 Å². The van der Waals surface area contributed by atoms with Gasteiger partial charge in [0.15, 0.2) is 10.9 Å². The second-order valence-corrected chi connectivity index (χ2v) is 5.81. The molecule has 6 heteroatoms. The summed E-state index contributed by atoms with van der Waals surface area (Å²) in [5, 5.41) is 0.567. The first-order valence-corrected chi connectivity index (χ1v) is 8.62. The van der Waals surface area contributed by atoms with Crippen molar-refractivity contribution >= 4 is 28.9 Å². The highest BCUT2D eigenvalue weighted by molar-refractivity contribution is 7.80. The number of ether oxygens (including phenoxy) is 1. The summed E-state index contributed by atoms with van der Waals surface area (Å²) in [6.07, 6.45) is 3.65. The van der Waals surface area contributed by atoms with Gasteiger partial charge < -0.3 is 14.5 Å². The van der Waals surface area contributed by atoms with Crippen molar-refractivity contribution < 1.29 is 9.53 Å². The average molecular weight is 343 g/mol. The van der Waals surface area contributed by atoms with Crippen LogP contribution in [0.5, 0.6) is 5.75 Å². The lowest BCUT2D eigenvalue weighted by atomic mass is 10.3. The zero-order valence-electron chi connectivity index (χ0n) is 14.2. The molecular formula is C18H21N3O2S. The zero-order chi connectivity index (χ0) is 17.3. The van der Waals surface area contributed by atoms with Crippen LogP contribution in [-0.2, 0) is 4.79 Å². The van der Waals surface area contributed by atoms with Crippen molar-refractivity contribution in [3.63, 3.8) is 0 Å². The molecule has 5 nitrogen and oxygen atoms in total. The van der Waals surface area contributed by atoms with Crippen LogP contribution >= 0.6 is 12.2 Å². The molecule has 2 heterocycles. The Bertz CT molecular complexity index is 742. The van der Waals surface area contributed by atoms with Crippen LogP contribution in [0.1, 0.15) is 20.8 Å². The van der Waals surface area contributed by atoms with E-state index in [1.165, 1.54) is 0 Å². The van der Waals surface area contributed by atoms with E-state index < -0.39 is 0 Å². The first kappa shape index (κ1) is 16.5. The molecule has 0 spiro atoms. The number of likely N-dealkylation sites (N-methyl/N-ethyl adjacent to an activating group) is 2. The fourth-order valence-electron chi connectivity index (χ4n) is 2.99. The summed E-state index contributed by atoms with van der Waals surface area (Å²) in [6.45, 7) is 8.01. The summed E-state index contributed by atoms with van der Waals surface area (Å²) in [4.78, 5) is 18.1.